The molecule has 2 aromatic heterocycles. The van der Waals surface area contributed by atoms with Gasteiger partial charge in [-0.3, -0.25) is 0 Å². The zero-order valence-electron chi connectivity index (χ0n) is 12.7. The number of nitrogens with zero attached hydrogens (tertiary/aromatic N) is 3. The lowest BCUT2D eigenvalue weighted by atomic mass is 10.2. The Morgan fingerprint density at radius 1 is 1.16 bits per heavy atom. The van der Waals surface area contributed by atoms with Crippen LogP contribution < -0.4 is 5.73 Å². The predicted octanol–water partition coefficient (Wildman–Crippen LogP) is 2.37. The van der Waals surface area contributed by atoms with Gasteiger partial charge in [-0.05, 0) is 11.6 Å². The van der Waals surface area contributed by atoms with Crippen LogP contribution in [0.5, 0.6) is 0 Å². The first-order chi connectivity index (χ1) is 11.7. The number of hydrogen-bond acceptors (Lipinski definition) is 5. The summed E-state index contributed by atoms with van der Waals surface area (Å²) in [4.78, 5) is 7.61. The van der Waals surface area contributed by atoms with Crippen molar-refractivity contribution in [2.75, 3.05) is 0 Å². The highest BCUT2D eigenvalue weighted by molar-refractivity contribution is 7.89. The molecule has 6 nitrogen and oxygen atoms in total. The second kappa shape index (κ2) is 6.12. The molecule has 0 saturated heterocycles. The number of benzene rings is 1. The normalized spacial score (nSPS) is 13.9. The maximum atomic E-state index is 12.7. The third-order valence-electron chi connectivity index (χ3n) is 3.54. The van der Waals surface area contributed by atoms with Crippen molar-refractivity contribution in [2.45, 2.75) is 18.0 Å². The van der Waals surface area contributed by atoms with E-state index in [1.807, 2.05) is 0 Å². The number of halogens is 3. The van der Waals surface area contributed by atoms with Crippen LogP contribution in [0.25, 0.3) is 11.2 Å². The van der Waals surface area contributed by atoms with Crippen LogP contribution in [0.1, 0.15) is 17.3 Å². The summed E-state index contributed by atoms with van der Waals surface area (Å²) in [5.74, 6) is -0.275. The van der Waals surface area contributed by atoms with Gasteiger partial charge >= 0.3 is 6.18 Å². The first-order valence-electron chi connectivity index (χ1n) is 7.12. The van der Waals surface area contributed by atoms with Crippen LogP contribution in [0.4, 0.5) is 13.2 Å². The minimum absolute atomic E-state index is 0.0221. The average molecular weight is 370 g/mol. The van der Waals surface area contributed by atoms with Gasteiger partial charge in [-0.25, -0.2) is 22.4 Å². The molecule has 0 bridgehead atoms. The molecule has 10 heteroatoms. The smallest absolute Gasteiger partial charge is 0.315 e. The van der Waals surface area contributed by atoms with E-state index in [1.165, 1.54) is 12.3 Å². The standard InChI is InChI=1S/C15H13F3N4O2S/c16-15(17,18)13(19)12-8-20-14-11(21-12)6-7-22(14)25(23,24)9-10-4-2-1-3-5-10/h1-8,13H,9,19H2. The van der Waals surface area contributed by atoms with E-state index in [1.54, 1.807) is 30.3 Å². The maximum absolute atomic E-state index is 12.7. The Morgan fingerprint density at radius 3 is 2.48 bits per heavy atom. The second-order valence-corrected chi connectivity index (χ2v) is 7.22. The summed E-state index contributed by atoms with van der Waals surface area (Å²) in [7, 11) is -3.80. The van der Waals surface area contributed by atoms with E-state index >= 15 is 0 Å². The summed E-state index contributed by atoms with van der Waals surface area (Å²) in [6, 6.07) is 7.51. The fourth-order valence-electron chi connectivity index (χ4n) is 2.30. The topological polar surface area (TPSA) is 90.9 Å². The van der Waals surface area contributed by atoms with Crippen molar-refractivity contribution in [3.63, 3.8) is 0 Å². The minimum atomic E-state index is -4.66. The van der Waals surface area contributed by atoms with E-state index in [-0.39, 0.29) is 16.9 Å². The highest BCUT2D eigenvalue weighted by atomic mass is 32.2. The van der Waals surface area contributed by atoms with Crippen molar-refractivity contribution < 1.29 is 21.6 Å². The molecular weight excluding hydrogens is 357 g/mol. The van der Waals surface area contributed by atoms with Crippen LogP contribution in [0, 0.1) is 0 Å². The SMILES string of the molecule is NC(c1cnc2c(ccn2S(=O)(=O)Cc2ccccc2)n1)C(F)(F)F. The van der Waals surface area contributed by atoms with Crippen molar-refractivity contribution in [3.8, 4) is 0 Å². The molecule has 2 heterocycles. The van der Waals surface area contributed by atoms with Crippen molar-refractivity contribution in [3.05, 3.63) is 60.0 Å². The number of rotatable bonds is 4. The quantitative estimate of drug-likeness (QED) is 0.761. The molecule has 3 rings (SSSR count). The van der Waals surface area contributed by atoms with Gasteiger partial charge in [-0.2, -0.15) is 13.2 Å². The molecule has 0 fully saturated rings. The Morgan fingerprint density at radius 2 is 1.84 bits per heavy atom. The van der Waals surface area contributed by atoms with Crippen LogP contribution >= 0.6 is 0 Å². The Labute approximate surface area is 141 Å². The lowest BCUT2D eigenvalue weighted by Crippen LogP contribution is -2.29. The van der Waals surface area contributed by atoms with Crippen molar-refractivity contribution in [2.24, 2.45) is 5.73 Å². The van der Waals surface area contributed by atoms with E-state index in [9.17, 15) is 21.6 Å². The second-order valence-electron chi connectivity index (χ2n) is 5.38. The highest BCUT2D eigenvalue weighted by Crippen LogP contribution is 2.30. The van der Waals surface area contributed by atoms with E-state index in [4.69, 9.17) is 5.73 Å². The van der Waals surface area contributed by atoms with Gasteiger partial charge in [0, 0.05) is 6.20 Å². The largest absolute Gasteiger partial charge is 0.409 e. The first-order valence-corrected chi connectivity index (χ1v) is 8.73. The summed E-state index contributed by atoms with van der Waals surface area (Å²) in [5.41, 5.74) is 5.18. The van der Waals surface area contributed by atoms with Gasteiger partial charge in [0.05, 0.1) is 17.6 Å². The minimum Gasteiger partial charge on any atom is -0.315 e. The van der Waals surface area contributed by atoms with Crippen molar-refractivity contribution in [1.29, 1.82) is 0 Å². The van der Waals surface area contributed by atoms with Gasteiger partial charge in [-0.15, -0.1) is 0 Å². The zero-order valence-corrected chi connectivity index (χ0v) is 13.5. The van der Waals surface area contributed by atoms with Crippen LogP contribution in [-0.4, -0.2) is 28.5 Å². The molecule has 0 spiro atoms. The van der Waals surface area contributed by atoms with Crippen LogP contribution in [-0.2, 0) is 15.8 Å². The predicted molar refractivity (Wildman–Crippen MR) is 85.0 cm³/mol. The molecule has 0 aliphatic heterocycles. The Balaban J connectivity index is 1.99. The Kier molecular flexibility index (Phi) is 4.25. The number of nitrogens with two attached hydrogens (primary N) is 1. The highest BCUT2D eigenvalue weighted by Gasteiger charge is 2.39. The van der Waals surface area contributed by atoms with Gasteiger partial charge in [0.2, 0.25) is 10.0 Å². The summed E-state index contributed by atoms with van der Waals surface area (Å²) in [6.45, 7) is 0. The summed E-state index contributed by atoms with van der Waals surface area (Å²) in [5, 5.41) is 0. The monoisotopic (exact) mass is 370 g/mol. The van der Waals surface area contributed by atoms with E-state index in [0.29, 0.717) is 5.56 Å². The van der Waals surface area contributed by atoms with Gasteiger partial charge in [0.15, 0.2) is 5.65 Å². The third kappa shape index (κ3) is 3.49. The van der Waals surface area contributed by atoms with E-state index < -0.39 is 27.9 Å². The molecule has 1 aromatic carbocycles. The Bertz CT molecular complexity index is 1000. The lowest BCUT2D eigenvalue weighted by Gasteiger charge is -2.14. The van der Waals surface area contributed by atoms with Gasteiger partial charge < -0.3 is 5.73 Å². The van der Waals surface area contributed by atoms with Gasteiger partial charge in [-0.1, -0.05) is 30.3 Å². The van der Waals surface area contributed by atoms with Crippen LogP contribution in [0.2, 0.25) is 0 Å². The number of aromatic nitrogens is 3. The van der Waals surface area contributed by atoms with E-state index in [2.05, 4.69) is 9.97 Å². The van der Waals surface area contributed by atoms with Crippen molar-refractivity contribution >= 4 is 21.2 Å². The number of fused-ring (bicyclic) bond motifs is 1. The van der Waals surface area contributed by atoms with Crippen molar-refractivity contribution in [1.82, 2.24) is 13.9 Å². The fourth-order valence-corrected chi connectivity index (χ4v) is 3.70. The summed E-state index contributed by atoms with van der Waals surface area (Å²) >= 11 is 0. The molecule has 0 aliphatic carbocycles. The molecule has 2 N–H and O–H groups in total. The molecule has 3 aromatic rings. The van der Waals surface area contributed by atoms with Gasteiger partial charge in [0.1, 0.15) is 11.6 Å². The fraction of sp³-hybridized carbons (Fsp3) is 0.200. The first kappa shape index (κ1) is 17.4. The molecule has 0 radical (unpaired) electrons. The summed E-state index contributed by atoms with van der Waals surface area (Å²) in [6.07, 6.45) is -2.61. The third-order valence-corrected chi connectivity index (χ3v) is 5.13. The molecule has 25 heavy (non-hydrogen) atoms. The maximum Gasteiger partial charge on any atom is 0.409 e. The van der Waals surface area contributed by atoms with Gasteiger partial charge in [0.25, 0.3) is 0 Å². The Hall–Kier alpha value is -2.46. The molecule has 132 valence electrons. The summed E-state index contributed by atoms with van der Waals surface area (Å²) < 4.78 is 64.0. The van der Waals surface area contributed by atoms with Crippen LogP contribution in [0.15, 0.2) is 48.8 Å². The molecular formula is C15H13F3N4O2S. The van der Waals surface area contributed by atoms with E-state index in [0.717, 1.165) is 10.2 Å². The molecule has 0 aliphatic rings. The zero-order chi connectivity index (χ0) is 18.2. The average Bonchev–Trinajstić information content (AvgIpc) is 2.97. The molecule has 1 unspecified atom stereocenters. The van der Waals surface area contributed by atoms with Crippen LogP contribution in [0.3, 0.4) is 0 Å². The molecule has 0 amide bonds. The molecule has 0 saturated carbocycles. The lowest BCUT2D eigenvalue weighted by molar-refractivity contribution is -0.150. The number of alkyl halides is 3. The number of hydrogen-bond donors (Lipinski definition) is 1. The molecule has 1 atom stereocenters.